The van der Waals surface area contributed by atoms with Gasteiger partial charge in [-0.2, -0.15) is 0 Å². The van der Waals surface area contributed by atoms with Crippen LogP contribution in [0.2, 0.25) is 0 Å². The lowest BCUT2D eigenvalue weighted by Crippen LogP contribution is -2.11. The first-order valence-electron chi connectivity index (χ1n) is 3.28. The lowest BCUT2D eigenvalue weighted by atomic mass is 10.1. The maximum Gasteiger partial charge on any atom is 0.270 e. The van der Waals surface area contributed by atoms with E-state index in [9.17, 15) is 8.78 Å². The quantitative estimate of drug-likeness (QED) is 0.509. The van der Waals surface area contributed by atoms with Gasteiger partial charge in [0, 0.05) is 12.5 Å². The van der Waals surface area contributed by atoms with Crippen LogP contribution in [0.25, 0.3) is 0 Å². The molecule has 1 aliphatic carbocycles. The van der Waals surface area contributed by atoms with Crippen LogP contribution in [0.4, 0.5) is 8.78 Å². The van der Waals surface area contributed by atoms with E-state index in [2.05, 4.69) is 5.73 Å². The third-order valence-corrected chi connectivity index (χ3v) is 1.33. The summed E-state index contributed by atoms with van der Waals surface area (Å²) in [6.45, 7) is 0.877. The molecule has 0 fully saturated rings. The molecule has 0 saturated carbocycles. The molecule has 0 unspecified atom stereocenters. The third-order valence-electron chi connectivity index (χ3n) is 1.33. The van der Waals surface area contributed by atoms with E-state index in [4.69, 9.17) is 0 Å². The Morgan fingerprint density at radius 3 is 2.73 bits per heavy atom. The Hall–Kier alpha value is -1.14. The summed E-state index contributed by atoms with van der Waals surface area (Å²) in [5.74, 6) is -2.76. The van der Waals surface area contributed by atoms with Crippen molar-refractivity contribution in [3.63, 3.8) is 0 Å². The Morgan fingerprint density at radius 2 is 2.09 bits per heavy atom. The van der Waals surface area contributed by atoms with E-state index < -0.39 is 5.92 Å². The molecular formula is C9H8F2. The lowest BCUT2D eigenvalue weighted by molar-refractivity contribution is 0.0675. The first-order chi connectivity index (χ1) is 5.11. The standard InChI is InChI=1S/C9H8F2/c1-9(10,11)8-6-4-2-3-5-7-8/h2,4-7H,1H3. The molecule has 0 saturated heterocycles. The van der Waals surface area contributed by atoms with Gasteiger partial charge in [0.2, 0.25) is 0 Å². The van der Waals surface area contributed by atoms with Gasteiger partial charge in [0.15, 0.2) is 0 Å². The molecule has 0 atom stereocenters. The molecule has 0 aromatic rings. The van der Waals surface area contributed by atoms with E-state index in [0.29, 0.717) is 0 Å². The van der Waals surface area contributed by atoms with E-state index in [1.54, 1.807) is 12.2 Å². The number of halogens is 2. The van der Waals surface area contributed by atoms with E-state index >= 15 is 0 Å². The van der Waals surface area contributed by atoms with Gasteiger partial charge in [-0.1, -0.05) is 12.2 Å². The fraction of sp³-hybridized carbons (Fsp3) is 0.222. The maximum absolute atomic E-state index is 12.6. The Labute approximate surface area is 64.2 Å². The third kappa shape index (κ3) is 2.17. The van der Waals surface area contributed by atoms with Crippen LogP contribution in [-0.4, -0.2) is 5.92 Å². The first-order valence-corrected chi connectivity index (χ1v) is 3.28. The van der Waals surface area contributed by atoms with Crippen molar-refractivity contribution in [3.05, 3.63) is 41.7 Å². The van der Waals surface area contributed by atoms with Crippen LogP contribution in [0.1, 0.15) is 6.92 Å². The van der Waals surface area contributed by atoms with Crippen molar-refractivity contribution in [2.45, 2.75) is 12.8 Å². The average Bonchev–Trinajstić information content (AvgIpc) is 2.10. The fourth-order valence-electron chi connectivity index (χ4n) is 0.749. The molecule has 0 aliphatic heterocycles. The van der Waals surface area contributed by atoms with Gasteiger partial charge in [-0.15, -0.1) is 5.73 Å². The highest BCUT2D eigenvalue weighted by Crippen LogP contribution is 2.24. The van der Waals surface area contributed by atoms with Gasteiger partial charge in [-0.3, -0.25) is 0 Å². The van der Waals surface area contributed by atoms with Crippen molar-refractivity contribution in [3.8, 4) is 0 Å². The topological polar surface area (TPSA) is 0 Å². The van der Waals surface area contributed by atoms with E-state index in [0.717, 1.165) is 6.92 Å². The zero-order chi connectivity index (χ0) is 8.32. The summed E-state index contributed by atoms with van der Waals surface area (Å²) < 4.78 is 25.2. The van der Waals surface area contributed by atoms with Gasteiger partial charge >= 0.3 is 0 Å². The second kappa shape index (κ2) is 2.85. The highest BCUT2D eigenvalue weighted by Gasteiger charge is 2.24. The minimum absolute atomic E-state index is 0.0127. The van der Waals surface area contributed by atoms with Crippen LogP contribution >= 0.6 is 0 Å². The van der Waals surface area contributed by atoms with Crippen molar-refractivity contribution in [1.82, 2.24) is 0 Å². The summed E-state index contributed by atoms with van der Waals surface area (Å²) in [6, 6.07) is 0. The molecule has 0 nitrogen and oxygen atoms in total. The van der Waals surface area contributed by atoms with Crippen LogP contribution < -0.4 is 0 Å². The smallest absolute Gasteiger partial charge is 0.202 e. The lowest BCUT2D eigenvalue weighted by Gasteiger charge is -2.09. The van der Waals surface area contributed by atoms with Crippen LogP contribution in [-0.2, 0) is 0 Å². The Morgan fingerprint density at radius 1 is 1.36 bits per heavy atom. The zero-order valence-electron chi connectivity index (χ0n) is 6.14. The summed E-state index contributed by atoms with van der Waals surface area (Å²) in [4.78, 5) is 0. The predicted molar refractivity (Wildman–Crippen MR) is 40.5 cm³/mol. The summed E-state index contributed by atoms with van der Waals surface area (Å²) >= 11 is 0. The van der Waals surface area contributed by atoms with Gasteiger partial charge in [0.05, 0.1) is 0 Å². The van der Waals surface area contributed by atoms with E-state index in [1.807, 2.05) is 0 Å². The van der Waals surface area contributed by atoms with Gasteiger partial charge < -0.3 is 0 Å². The number of allylic oxidation sites excluding steroid dienone is 5. The number of rotatable bonds is 1. The monoisotopic (exact) mass is 154 g/mol. The Balaban J connectivity index is 2.93. The van der Waals surface area contributed by atoms with Gasteiger partial charge in [0.25, 0.3) is 5.92 Å². The molecule has 58 valence electrons. The molecule has 11 heavy (non-hydrogen) atoms. The van der Waals surface area contributed by atoms with Crippen molar-refractivity contribution >= 4 is 0 Å². The SMILES string of the molecule is CC(F)(F)C1=CC=C=CC=C1. The van der Waals surface area contributed by atoms with Crippen LogP contribution in [0.5, 0.6) is 0 Å². The molecule has 0 aromatic carbocycles. The first kappa shape index (κ1) is 7.96. The molecule has 2 heteroatoms. The molecule has 0 amide bonds. The normalized spacial score (nSPS) is 16.5. The predicted octanol–water partition coefficient (Wildman–Crippen LogP) is 2.85. The molecule has 0 aromatic heterocycles. The molecule has 0 heterocycles. The number of hydrogen-bond donors (Lipinski definition) is 0. The second-order valence-electron chi connectivity index (χ2n) is 2.37. The molecule has 1 rings (SSSR count). The minimum Gasteiger partial charge on any atom is -0.202 e. The van der Waals surface area contributed by atoms with Gasteiger partial charge in [0.1, 0.15) is 0 Å². The fourth-order valence-corrected chi connectivity index (χ4v) is 0.749. The second-order valence-corrected chi connectivity index (χ2v) is 2.37. The largest absolute Gasteiger partial charge is 0.270 e. The van der Waals surface area contributed by atoms with Crippen molar-refractivity contribution in [2.75, 3.05) is 0 Å². The van der Waals surface area contributed by atoms with Gasteiger partial charge in [-0.25, -0.2) is 8.78 Å². The highest BCUT2D eigenvalue weighted by atomic mass is 19.3. The highest BCUT2D eigenvalue weighted by molar-refractivity contribution is 5.33. The van der Waals surface area contributed by atoms with Gasteiger partial charge in [-0.05, 0) is 18.2 Å². The number of alkyl halides is 2. The zero-order valence-corrected chi connectivity index (χ0v) is 6.14. The summed E-state index contributed by atoms with van der Waals surface area (Å²) in [5, 5.41) is 0. The molecule has 0 spiro atoms. The van der Waals surface area contributed by atoms with Crippen molar-refractivity contribution < 1.29 is 8.78 Å². The average molecular weight is 154 g/mol. The summed E-state index contributed by atoms with van der Waals surface area (Å²) in [7, 11) is 0. The van der Waals surface area contributed by atoms with Crippen LogP contribution in [0.3, 0.4) is 0 Å². The molecule has 0 radical (unpaired) electrons. The van der Waals surface area contributed by atoms with Crippen molar-refractivity contribution in [2.24, 2.45) is 0 Å². The van der Waals surface area contributed by atoms with Crippen LogP contribution in [0, 0.1) is 0 Å². The van der Waals surface area contributed by atoms with E-state index in [1.165, 1.54) is 18.2 Å². The Bertz CT molecular complexity index is 258. The minimum atomic E-state index is -2.76. The summed E-state index contributed by atoms with van der Waals surface area (Å²) in [6.07, 6.45) is 7.37. The molecule has 0 N–H and O–H groups in total. The number of hydrogen-bond acceptors (Lipinski definition) is 0. The van der Waals surface area contributed by atoms with Crippen molar-refractivity contribution in [1.29, 1.82) is 0 Å². The van der Waals surface area contributed by atoms with Crippen LogP contribution in [0.15, 0.2) is 41.7 Å². The Kier molecular flexibility index (Phi) is 2.06. The maximum atomic E-state index is 12.6. The molecule has 0 bridgehead atoms. The molecule has 1 aliphatic rings. The molecular weight excluding hydrogens is 146 g/mol. The van der Waals surface area contributed by atoms with E-state index in [-0.39, 0.29) is 5.57 Å². The summed E-state index contributed by atoms with van der Waals surface area (Å²) in [5.41, 5.74) is 2.72.